The third-order valence-corrected chi connectivity index (χ3v) is 3.53. The summed E-state index contributed by atoms with van der Waals surface area (Å²) in [6.07, 6.45) is 3.59. The van der Waals surface area contributed by atoms with Crippen LogP contribution in [0.3, 0.4) is 0 Å². The van der Waals surface area contributed by atoms with E-state index in [4.69, 9.17) is 10.00 Å². The largest absolute Gasteiger partial charge is 0.381 e. The summed E-state index contributed by atoms with van der Waals surface area (Å²) in [6, 6.07) is 6.24. The van der Waals surface area contributed by atoms with Gasteiger partial charge in [0.1, 0.15) is 6.07 Å². The fraction of sp³-hybridized carbons (Fsp3) is 0.615. The van der Waals surface area contributed by atoms with Crippen LogP contribution in [0, 0.1) is 17.2 Å². The van der Waals surface area contributed by atoms with Gasteiger partial charge in [-0.1, -0.05) is 0 Å². The van der Waals surface area contributed by atoms with Crippen molar-refractivity contribution < 1.29 is 4.74 Å². The first-order valence-corrected chi connectivity index (χ1v) is 6.45. The molecule has 2 aliphatic rings. The molecule has 2 heterocycles. The number of nitriles is 1. The van der Waals surface area contributed by atoms with Crippen LogP contribution in [0.15, 0.2) is 12.1 Å². The van der Waals surface area contributed by atoms with Crippen LogP contribution in [0.1, 0.15) is 25.0 Å². The molecule has 1 saturated carbocycles. The minimum atomic E-state index is 0.374. The van der Waals surface area contributed by atoms with Gasteiger partial charge in [-0.25, -0.2) is 0 Å². The van der Waals surface area contributed by atoms with Crippen molar-refractivity contribution in [3.05, 3.63) is 17.8 Å². The molecule has 0 amide bonds. The highest BCUT2D eigenvalue weighted by Gasteiger charge is 2.32. The lowest BCUT2D eigenvalue weighted by Crippen LogP contribution is -2.32. The molecule has 2 fully saturated rings. The molecule has 1 atom stereocenters. The number of aromatic nitrogens is 2. The topological polar surface area (TPSA) is 62.0 Å². The molecule has 0 radical (unpaired) electrons. The van der Waals surface area contributed by atoms with Gasteiger partial charge in [-0.3, -0.25) is 0 Å². The fourth-order valence-corrected chi connectivity index (χ4v) is 2.36. The first-order valence-electron chi connectivity index (χ1n) is 6.45. The van der Waals surface area contributed by atoms with Crippen molar-refractivity contribution in [3.8, 4) is 6.07 Å². The third kappa shape index (κ3) is 2.44. The molecule has 18 heavy (non-hydrogen) atoms. The highest BCUT2D eigenvalue weighted by atomic mass is 16.5. The van der Waals surface area contributed by atoms with Crippen molar-refractivity contribution >= 4 is 5.82 Å². The van der Waals surface area contributed by atoms with Gasteiger partial charge in [-0.2, -0.15) is 5.26 Å². The lowest BCUT2D eigenvalue weighted by atomic mass is 10.1. The summed E-state index contributed by atoms with van der Waals surface area (Å²) in [5.41, 5.74) is 0.374. The molecule has 1 unspecified atom stereocenters. The Morgan fingerprint density at radius 3 is 2.78 bits per heavy atom. The minimum absolute atomic E-state index is 0.374. The van der Waals surface area contributed by atoms with Crippen molar-refractivity contribution in [2.75, 3.05) is 24.7 Å². The van der Waals surface area contributed by atoms with Gasteiger partial charge in [0.15, 0.2) is 11.5 Å². The van der Waals surface area contributed by atoms with Crippen molar-refractivity contribution in [2.24, 2.45) is 5.92 Å². The van der Waals surface area contributed by atoms with Crippen molar-refractivity contribution in [3.63, 3.8) is 0 Å². The summed E-state index contributed by atoms with van der Waals surface area (Å²) in [7, 11) is 0. The molecule has 1 aromatic heterocycles. The van der Waals surface area contributed by atoms with E-state index in [0.29, 0.717) is 17.7 Å². The molecule has 1 aliphatic heterocycles. The summed E-state index contributed by atoms with van der Waals surface area (Å²) >= 11 is 0. The van der Waals surface area contributed by atoms with Gasteiger partial charge in [0.2, 0.25) is 0 Å². The number of rotatable bonds is 4. The normalized spacial score (nSPS) is 22.7. The number of anilines is 1. The molecule has 1 aliphatic carbocycles. The van der Waals surface area contributed by atoms with Crippen LogP contribution in [0.5, 0.6) is 0 Å². The average molecular weight is 244 g/mol. The summed E-state index contributed by atoms with van der Waals surface area (Å²) in [5.74, 6) is 1.49. The Bertz CT molecular complexity index is 443. The predicted octanol–water partition coefficient (Wildman–Crippen LogP) is 1.35. The monoisotopic (exact) mass is 244 g/mol. The standard InChI is InChI=1S/C13H16N4O/c14-7-11-1-4-13(16-15-11)17(12-2-3-12)8-10-5-6-18-9-10/h1,4,10,12H,2-3,5-6,8-9H2. The highest BCUT2D eigenvalue weighted by molar-refractivity contribution is 5.41. The van der Waals surface area contributed by atoms with E-state index in [0.717, 1.165) is 32.0 Å². The summed E-state index contributed by atoms with van der Waals surface area (Å²) in [4.78, 5) is 2.33. The van der Waals surface area contributed by atoms with Crippen molar-refractivity contribution in [1.82, 2.24) is 10.2 Å². The van der Waals surface area contributed by atoms with Gasteiger partial charge in [-0.05, 0) is 31.4 Å². The van der Waals surface area contributed by atoms with E-state index in [-0.39, 0.29) is 0 Å². The molecule has 5 heteroatoms. The number of ether oxygens (including phenoxy) is 1. The van der Waals surface area contributed by atoms with Gasteiger partial charge < -0.3 is 9.64 Å². The second-order valence-corrected chi connectivity index (χ2v) is 5.00. The van der Waals surface area contributed by atoms with E-state index in [9.17, 15) is 0 Å². The van der Waals surface area contributed by atoms with Crippen molar-refractivity contribution in [2.45, 2.75) is 25.3 Å². The van der Waals surface area contributed by atoms with Gasteiger partial charge >= 0.3 is 0 Å². The van der Waals surface area contributed by atoms with Crippen LogP contribution in [-0.2, 0) is 4.74 Å². The Hall–Kier alpha value is -1.67. The van der Waals surface area contributed by atoms with E-state index in [1.54, 1.807) is 6.07 Å². The maximum Gasteiger partial charge on any atom is 0.163 e. The van der Waals surface area contributed by atoms with Crippen molar-refractivity contribution in [1.29, 1.82) is 5.26 Å². The maximum atomic E-state index is 8.74. The molecule has 0 aromatic carbocycles. The van der Waals surface area contributed by atoms with Crippen LogP contribution < -0.4 is 4.90 Å². The lowest BCUT2D eigenvalue weighted by molar-refractivity contribution is 0.186. The Morgan fingerprint density at radius 2 is 2.22 bits per heavy atom. The van der Waals surface area contributed by atoms with E-state index < -0.39 is 0 Å². The molecular formula is C13H16N4O. The number of hydrogen-bond acceptors (Lipinski definition) is 5. The van der Waals surface area contributed by atoms with Crippen LogP contribution in [0.2, 0.25) is 0 Å². The Labute approximate surface area is 106 Å². The van der Waals surface area contributed by atoms with Crippen LogP contribution in [0.25, 0.3) is 0 Å². The fourth-order valence-electron chi connectivity index (χ4n) is 2.36. The first kappa shape index (κ1) is 11.4. The second-order valence-electron chi connectivity index (χ2n) is 5.00. The molecule has 3 rings (SSSR count). The molecular weight excluding hydrogens is 228 g/mol. The Kier molecular flexibility index (Phi) is 3.11. The number of nitrogens with zero attached hydrogens (tertiary/aromatic N) is 4. The second kappa shape index (κ2) is 4.91. The zero-order valence-electron chi connectivity index (χ0n) is 10.2. The van der Waals surface area contributed by atoms with E-state index in [2.05, 4.69) is 15.1 Å². The van der Waals surface area contributed by atoms with Gasteiger partial charge in [0.25, 0.3) is 0 Å². The molecule has 94 valence electrons. The Balaban J connectivity index is 1.73. The summed E-state index contributed by atoms with van der Waals surface area (Å²) in [6.45, 7) is 2.72. The quantitative estimate of drug-likeness (QED) is 0.800. The zero-order chi connectivity index (χ0) is 12.4. The zero-order valence-corrected chi connectivity index (χ0v) is 10.2. The molecule has 5 nitrogen and oxygen atoms in total. The highest BCUT2D eigenvalue weighted by Crippen LogP contribution is 2.32. The molecule has 0 bridgehead atoms. The molecule has 0 spiro atoms. The average Bonchev–Trinajstić information content (AvgIpc) is 3.13. The third-order valence-electron chi connectivity index (χ3n) is 3.53. The van der Waals surface area contributed by atoms with E-state index >= 15 is 0 Å². The van der Waals surface area contributed by atoms with Crippen LogP contribution >= 0.6 is 0 Å². The van der Waals surface area contributed by atoms with E-state index in [1.807, 2.05) is 12.1 Å². The Morgan fingerprint density at radius 1 is 1.33 bits per heavy atom. The summed E-state index contributed by atoms with van der Waals surface area (Å²) < 4.78 is 5.42. The minimum Gasteiger partial charge on any atom is -0.381 e. The van der Waals surface area contributed by atoms with Gasteiger partial charge in [0.05, 0.1) is 6.61 Å². The smallest absolute Gasteiger partial charge is 0.163 e. The summed E-state index contributed by atoms with van der Waals surface area (Å²) in [5, 5.41) is 16.8. The first-order chi connectivity index (χ1) is 8.86. The van der Waals surface area contributed by atoms with Crippen LogP contribution in [0.4, 0.5) is 5.82 Å². The maximum absolute atomic E-state index is 8.74. The molecule has 1 saturated heterocycles. The lowest BCUT2D eigenvalue weighted by Gasteiger charge is -2.25. The van der Waals surface area contributed by atoms with Gasteiger partial charge in [0, 0.05) is 25.1 Å². The number of hydrogen-bond donors (Lipinski definition) is 0. The SMILES string of the molecule is N#Cc1ccc(N(CC2CCOC2)C2CC2)nn1. The predicted molar refractivity (Wildman–Crippen MR) is 66.0 cm³/mol. The molecule has 0 N–H and O–H groups in total. The van der Waals surface area contributed by atoms with Gasteiger partial charge in [-0.15, -0.1) is 10.2 Å². The van der Waals surface area contributed by atoms with Crippen LogP contribution in [-0.4, -0.2) is 36.0 Å². The van der Waals surface area contributed by atoms with E-state index in [1.165, 1.54) is 12.8 Å². The molecule has 1 aromatic rings.